The lowest BCUT2D eigenvalue weighted by Gasteiger charge is -2.40. The summed E-state index contributed by atoms with van der Waals surface area (Å²) in [5.74, 6) is -6.68. The van der Waals surface area contributed by atoms with Crippen molar-refractivity contribution < 1.29 is 97.2 Å². The van der Waals surface area contributed by atoms with Gasteiger partial charge in [-0.3, -0.25) is 9.59 Å². The smallest absolute Gasteiger partial charge is 0.410 e. The van der Waals surface area contributed by atoms with Crippen LogP contribution in [0.3, 0.4) is 0 Å². The number of nitrogens with one attached hydrogen (secondary N) is 1. The van der Waals surface area contributed by atoms with Crippen LogP contribution in [0.4, 0.5) is 4.79 Å². The van der Waals surface area contributed by atoms with Gasteiger partial charge in [0.1, 0.15) is 31.0 Å². The predicted octanol–water partition coefficient (Wildman–Crippen LogP) is -3.90. The minimum Gasteiger partial charge on any atom is -0.479 e. The molecule has 78 heavy (non-hydrogen) atoms. The number of likely N-dealkylation sites (N-methyl/N-ethyl adjacent to an activating group) is 2. The number of nitrogens with two attached hydrogens (primary N) is 4. The van der Waals surface area contributed by atoms with Crippen LogP contribution in [0, 0.1) is 5.92 Å². The predicted molar refractivity (Wildman–Crippen MR) is 278 cm³/mol. The molecular weight excluding hydrogens is 1040 g/mol. The van der Waals surface area contributed by atoms with E-state index in [4.69, 9.17) is 65.6 Å². The fraction of sp³-hybridized carbons (Fsp3) is 0.771. The number of guanidine groups is 2. The van der Waals surface area contributed by atoms with Gasteiger partial charge in [0, 0.05) is 66.3 Å². The number of amides is 3. The van der Waals surface area contributed by atoms with Gasteiger partial charge >= 0.3 is 18.0 Å². The molecule has 0 aliphatic carbocycles. The van der Waals surface area contributed by atoms with E-state index >= 15 is 0 Å². The molecule has 15 N–H and O–H groups in total. The van der Waals surface area contributed by atoms with E-state index in [1.54, 1.807) is 14.0 Å². The first-order valence-electron chi connectivity index (χ1n) is 25.8. The molecule has 0 aromatic carbocycles. The fourth-order valence-electron chi connectivity index (χ4n) is 7.92. The average molecular weight is 1120 g/mol. The summed E-state index contributed by atoms with van der Waals surface area (Å²) in [6, 6.07) is -3.28. The van der Waals surface area contributed by atoms with E-state index in [-0.39, 0.29) is 32.3 Å². The van der Waals surface area contributed by atoms with Crippen LogP contribution >= 0.6 is 0 Å². The summed E-state index contributed by atoms with van der Waals surface area (Å²) in [7, 11) is 2.98. The molecule has 2 aliphatic heterocycles. The first kappa shape index (κ1) is 68.4. The Morgan fingerprint density at radius 1 is 0.654 bits per heavy atom. The Kier molecular flexibility index (Phi) is 33.4. The van der Waals surface area contributed by atoms with Crippen molar-refractivity contribution in [3.63, 3.8) is 0 Å². The van der Waals surface area contributed by atoms with Crippen molar-refractivity contribution in [1.82, 2.24) is 20.0 Å². The second-order valence-corrected chi connectivity index (χ2v) is 18.3. The Morgan fingerprint density at radius 2 is 1.14 bits per heavy atom. The Balaban J connectivity index is 2.02. The summed E-state index contributed by atoms with van der Waals surface area (Å²) in [4.78, 5) is 75.5. The zero-order chi connectivity index (χ0) is 58.2. The van der Waals surface area contributed by atoms with E-state index in [9.17, 15) is 54.6 Å². The third-order valence-electron chi connectivity index (χ3n) is 12.1. The standard InChI is InChI=1S/C48H86N10O20/c1-6-15-70-19-21-73-23-24-74-22-20-71-16-9-12-58(14-18-72-17-13-57(5)48(69)78-42(35(63)28-60)40-30(2)32(54-46(49)50)25-36(76-40)44(65)66)11-8-7-10-56(4)38(64)29-75-41(34(62)27-59)43-39(53-31(3)61)33(55-47(51)52)26-37(77-43)45(67)68/h25-26,30,32-35,39-43,59-60,62-63H,6-24,27-29H2,1-5H3,(H,53,61)(H,65,66)(H,67,68)(H4,49,50,54)(H4,51,52,55)/t30-,32+,33+,34-,35-,39-,40-,41-,42-,43-/m1/s1. The molecule has 0 aromatic rings. The van der Waals surface area contributed by atoms with Gasteiger partial charge in [-0.15, -0.1) is 0 Å². The Bertz CT molecular complexity index is 1930. The molecule has 30 nitrogen and oxygen atoms in total. The average Bonchev–Trinajstić information content (AvgIpc) is 3.38. The van der Waals surface area contributed by atoms with Gasteiger partial charge in [-0.05, 0) is 44.4 Å². The zero-order valence-electron chi connectivity index (χ0n) is 45.4. The number of carbonyl (C=O) groups excluding carboxylic acids is 3. The van der Waals surface area contributed by atoms with E-state index < -0.39 is 128 Å². The van der Waals surface area contributed by atoms with Crippen LogP contribution in [-0.2, 0) is 61.8 Å². The largest absolute Gasteiger partial charge is 0.479 e. The third kappa shape index (κ3) is 25.9. The number of carboxylic acids is 2. The molecule has 0 unspecified atom stereocenters. The van der Waals surface area contributed by atoms with E-state index in [1.165, 1.54) is 29.8 Å². The van der Waals surface area contributed by atoms with Crippen molar-refractivity contribution in [1.29, 1.82) is 0 Å². The van der Waals surface area contributed by atoms with Crippen molar-refractivity contribution in [2.45, 2.75) is 101 Å². The SMILES string of the molecule is CCCOCCOCCOCCOCCCN(CCCCN(C)C(=O)CO[C@@H]([C@@H]1OC(C(=O)O)=C[C@H](N=C(N)N)[C@H]1NC(C)=O)[C@H](O)CO)CCOCCN(C)C(=O)O[C@@H]([C@@H]1OC(C(=O)O)=C[C@H](N=C(N)N)[C@H]1C)[C@H](O)CO. The quantitative estimate of drug-likeness (QED) is 0.0158. The lowest BCUT2D eigenvalue weighted by atomic mass is 9.87. The second kappa shape index (κ2) is 38.0. The summed E-state index contributed by atoms with van der Waals surface area (Å²) in [6.07, 6.45) is -5.05. The summed E-state index contributed by atoms with van der Waals surface area (Å²) in [5, 5.41) is 63.2. The molecule has 2 rings (SSSR count). The molecule has 0 fully saturated rings. The lowest BCUT2D eigenvalue weighted by Crippen LogP contribution is -2.60. The number of hydrogen-bond donors (Lipinski definition) is 11. The van der Waals surface area contributed by atoms with Crippen LogP contribution in [0.1, 0.15) is 46.5 Å². The molecule has 448 valence electrons. The molecule has 0 aromatic heterocycles. The van der Waals surface area contributed by atoms with Crippen LogP contribution in [0.25, 0.3) is 0 Å². The summed E-state index contributed by atoms with van der Waals surface area (Å²) in [5.41, 5.74) is 22.3. The summed E-state index contributed by atoms with van der Waals surface area (Å²) < 4.78 is 50.8. The van der Waals surface area contributed by atoms with Crippen molar-refractivity contribution in [2.24, 2.45) is 38.8 Å². The highest BCUT2D eigenvalue weighted by Gasteiger charge is 2.46. The second-order valence-electron chi connectivity index (χ2n) is 18.3. The van der Waals surface area contributed by atoms with Gasteiger partial charge in [0.25, 0.3) is 0 Å². The normalized spacial score (nSPS) is 20.6. The number of carboxylic acid groups (broad SMARTS) is 2. The fourth-order valence-corrected chi connectivity index (χ4v) is 7.92. The van der Waals surface area contributed by atoms with E-state index in [0.717, 1.165) is 12.5 Å². The maximum absolute atomic E-state index is 13.4. The molecule has 0 saturated carbocycles. The maximum Gasteiger partial charge on any atom is 0.410 e. The Morgan fingerprint density at radius 3 is 1.69 bits per heavy atom. The van der Waals surface area contributed by atoms with Gasteiger partial charge in [0.05, 0.1) is 84.2 Å². The molecule has 2 heterocycles. The number of carbonyl (C=O) groups is 5. The number of hydrogen-bond acceptors (Lipinski definition) is 21. The van der Waals surface area contributed by atoms with E-state index in [1.807, 2.05) is 6.92 Å². The Labute approximate surface area is 454 Å². The number of aliphatic hydroxyl groups excluding tert-OH is 4. The topological polar surface area (TPSA) is 440 Å². The van der Waals surface area contributed by atoms with Crippen molar-refractivity contribution in [3.05, 3.63) is 23.7 Å². The van der Waals surface area contributed by atoms with Crippen molar-refractivity contribution >= 4 is 41.8 Å². The molecule has 3 amide bonds. The van der Waals surface area contributed by atoms with Crippen LogP contribution < -0.4 is 28.3 Å². The van der Waals surface area contributed by atoms with E-state index in [0.29, 0.717) is 91.8 Å². The molecule has 0 radical (unpaired) electrons. The van der Waals surface area contributed by atoms with Gasteiger partial charge in [0.2, 0.25) is 23.3 Å². The number of unbranched alkanes of at least 4 members (excludes halogenated alkanes) is 1. The van der Waals surface area contributed by atoms with Crippen LogP contribution in [0.5, 0.6) is 0 Å². The minimum atomic E-state index is -1.70. The number of rotatable bonds is 41. The molecule has 0 bridgehead atoms. The highest BCUT2D eigenvalue weighted by atomic mass is 16.6. The number of aliphatic imine (C=N–C) groups is 2. The number of ether oxygens (including phenoxy) is 9. The monoisotopic (exact) mass is 1120 g/mol. The van der Waals surface area contributed by atoms with Crippen LogP contribution in [0.15, 0.2) is 33.7 Å². The molecule has 0 saturated heterocycles. The van der Waals surface area contributed by atoms with Crippen molar-refractivity contribution in [3.8, 4) is 0 Å². The first-order chi connectivity index (χ1) is 37.1. The first-order valence-corrected chi connectivity index (χ1v) is 25.8. The highest BCUT2D eigenvalue weighted by molar-refractivity contribution is 5.86. The van der Waals surface area contributed by atoms with Gasteiger partial charge in [0.15, 0.2) is 24.1 Å². The maximum atomic E-state index is 13.4. The van der Waals surface area contributed by atoms with Gasteiger partial charge in [-0.1, -0.05) is 13.8 Å². The minimum absolute atomic E-state index is 0.0421. The summed E-state index contributed by atoms with van der Waals surface area (Å²) in [6.45, 7) is 8.61. The van der Waals surface area contributed by atoms with Crippen LogP contribution in [0.2, 0.25) is 0 Å². The highest BCUT2D eigenvalue weighted by Crippen LogP contribution is 2.31. The van der Waals surface area contributed by atoms with Crippen LogP contribution in [-0.4, -0.2) is 275 Å². The molecule has 30 heteroatoms. The summed E-state index contributed by atoms with van der Waals surface area (Å²) >= 11 is 0. The number of nitrogens with zero attached hydrogens (tertiary/aromatic N) is 5. The molecule has 10 atom stereocenters. The van der Waals surface area contributed by atoms with E-state index in [2.05, 4.69) is 20.2 Å². The van der Waals surface area contributed by atoms with Gasteiger partial charge in [-0.25, -0.2) is 24.4 Å². The Hall–Kier alpha value is -5.67. The molecular formula is C48H86N10O20. The third-order valence-corrected chi connectivity index (χ3v) is 12.1. The molecule has 0 spiro atoms. The van der Waals surface area contributed by atoms with Gasteiger partial charge in [-0.2, -0.15) is 0 Å². The van der Waals surface area contributed by atoms with Crippen molar-refractivity contribution in [2.75, 3.05) is 133 Å². The zero-order valence-corrected chi connectivity index (χ0v) is 45.4. The lowest BCUT2D eigenvalue weighted by molar-refractivity contribution is -0.162. The number of aliphatic hydroxyl groups is 4. The molecule has 2 aliphatic rings. The van der Waals surface area contributed by atoms with Gasteiger partial charge < -0.3 is 116 Å². The number of aliphatic carboxylic acids is 2.